The summed E-state index contributed by atoms with van der Waals surface area (Å²) in [6.45, 7) is 10.8. The van der Waals surface area contributed by atoms with Crippen LogP contribution >= 0.6 is 0 Å². The third-order valence-corrected chi connectivity index (χ3v) is 4.43. The van der Waals surface area contributed by atoms with E-state index in [0.717, 1.165) is 6.42 Å². The van der Waals surface area contributed by atoms with E-state index < -0.39 is 11.8 Å². The maximum atomic E-state index is 11.9. The molecule has 0 spiro atoms. The summed E-state index contributed by atoms with van der Waals surface area (Å²) in [6, 6.07) is 16.7. The van der Waals surface area contributed by atoms with E-state index in [-0.39, 0.29) is 24.0 Å². The molecule has 2 aromatic rings. The topological polar surface area (TPSA) is 76.7 Å². The molecule has 6 nitrogen and oxygen atoms in total. The summed E-state index contributed by atoms with van der Waals surface area (Å²) >= 11 is 0. The number of carbonyl (C=O) groups is 2. The van der Waals surface area contributed by atoms with Crippen LogP contribution < -0.4 is 20.3 Å². The monoisotopic (exact) mass is 412 g/mol. The average Bonchev–Trinajstić information content (AvgIpc) is 2.68. The molecule has 0 heterocycles. The molecule has 2 aromatic carbocycles. The predicted molar refractivity (Wildman–Crippen MR) is 117 cm³/mol. The van der Waals surface area contributed by atoms with Crippen molar-refractivity contribution >= 4 is 11.8 Å². The summed E-state index contributed by atoms with van der Waals surface area (Å²) in [6.07, 6.45) is 1.05. The minimum absolute atomic E-state index is 0.0419. The van der Waals surface area contributed by atoms with Crippen molar-refractivity contribution < 1.29 is 19.1 Å². The summed E-state index contributed by atoms with van der Waals surface area (Å²) in [5.41, 5.74) is 6.10. The second-order valence-corrected chi connectivity index (χ2v) is 9.13. The molecular weight excluding hydrogens is 380 g/mol. The van der Waals surface area contributed by atoms with E-state index in [9.17, 15) is 9.59 Å². The second kappa shape index (κ2) is 10.1. The molecule has 0 radical (unpaired) electrons. The SMILES string of the molecule is CC(C)(C)CC(C)(C)c1ccc(OCC(=O)NNC(=O)COc2ccccc2)cc1. The third-order valence-electron chi connectivity index (χ3n) is 4.43. The maximum Gasteiger partial charge on any atom is 0.276 e. The Labute approximate surface area is 178 Å². The Balaban J connectivity index is 1.73. The number of hydrazine groups is 1. The van der Waals surface area contributed by atoms with Gasteiger partial charge in [0.1, 0.15) is 11.5 Å². The van der Waals surface area contributed by atoms with E-state index in [4.69, 9.17) is 9.47 Å². The number of benzene rings is 2. The van der Waals surface area contributed by atoms with Gasteiger partial charge in [0, 0.05) is 0 Å². The molecule has 0 fully saturated rings. The molecule has 6 heteroatoms. The summed E-state index contributed by atoms with van der Waals surface area (Å²) in [5.74, 6) is 0.258. The van der Waals surface area contributed by atoms with Crippen LogP contribution in [0.15, 0.2) is 54.6 Å². The van der Waals surface area contributed by atoms with Crippen molar-refractivity contribution in [2.75, 3.05) is 13.2 Å². The zero-order valence-corrected chi connectivity index (χ0v) is 18.5. The Morgan fingerprint density at radius 1 is 0.733 bits per heavy atom. The van der Waals surface area contributed by atoms with Gasteiger partial charge < -0.3 is 9.47 Å². The van der Waals surface area contributed by atoms with E-state index in [1.807, 2.05) is 42.5 Å². The van der Waals surface area contributed by atoms with Crippen molar-refractivity contribution in [3.63, 3.8) is 0 Å². The number of para-hydroxylation sites is 1. The molecule has 162 valence electrons. The molecule has 0 atom stereocenters. The molecular formula is C24H32N2O4. The van der Waals surface area contributed by atoms with Crippen molar-refractivity contribution in [1.82, 2.24) is 10.9 Å². The first-order valence-electron chi connectivity index (χ1n) is 10.0. The van der Waals surface area contributed by atoms with Crippen LogP contribution in [-0.4, -0.2) is 25.0 Å². The Bertz CT molecular complexity index is 825. The third kappa shape index (κ3) is 8.15. The Morgan fingerprint density at radius 3 is 1.67 bits per heavy atom. The fourth-order valence-electron chi connectivity index (χ4n) is 3.46. The first-order chi connectivity index (χ1) is 14.0. The molecule has 0 aromatic heterocycles. The summed E-state index contributed by atoms with van der Waals surface area (Å²) in [5, 5.41) is 0. The van der Waals surface area contributed by atoms with E-state index in [1.165, 1.54) is 5.56 Å². The van der Waals surface area contributed by atoms with Crippen molar-refractivity contribution in [2.45, 2.75) is 46.5 Å². The lowest BCUT2D eigenvalue weighted by atomic mass is 9.72. The van der Waals surface area contributed by atoms with Crippen molar-refractivity contribution in [3.05, 3.63) is 60.2 Å². The van der Waals surface area contributed by atoms with Crippen LogP contribution in [-0.2, 0) is 15.0 Å². The Morgan fingerprint density at radius 2 is 1.20 bits per heavy atom. The lowest BCUT2D eigenvalue weighted by molar-refractivity contribution is -0.131. The molecule has 0 aliphatic rings. The minimum atomic E-state index is -0.461. The molecule has 0 saturated heterocycles. The highest BCUT2D eigenvalue weighted by atomic mass is 16.5. The van der Waals surface area contributed by atoms with Crippen molar-refractivity contribution in [3.8, 4) is 11.5 Å². The molecule has 2 amide bonds. The molecule has 0 aliphatic carbocycles. The van der Waals surface area contributed by atoms with Crippen molar-refractivity contribution in [2.24, 2.45) is 5.41 Å². The van der Waals surface area contributed by atoms with Gasteiger partial charge in [-0.3, -0.25) is 20.4 Å². The number of nitrogens with one attached hydrogen (secondary N) is 2. The first kappa shape index (κ1) is 23.3. The number of rotatable bonds is 8. The molecule has 0 bridgehead atoms. The van der Waals surface area contributed by atoms with Gasteiger partial charge in [0.2, 0.25) is 0 Å². The van der Waals surface area contributed by atoms with Gasteiger partial charge in [-0.1, -0.05) is 65.0 Å². The lowest BCUT2D eigenvalue weighted by Gasteiger charge is -2.33. The first-order valence-corrected chi connectivity index (χ1v) is 10.0. The smallest absolute Gasteiger partial charge is 0.276 e. The minimum Gasteiger partial charge on any atom is -0.484 e. The van der Waals surface area contributed by atoms with Gasteiger partial charge >= 0.3 is 0 Å². The highest BCUT2D eigenvalue weighted by molar-refractivity contribution is 5.83. The zero-order valence-electron chi connectivity index (χ0n) is 18.5. The molecule has 0 saturated carbocycles. The standard InChI is InChI=1S/C24H32N2O4/c1-23(2,3)17-24(4,5)18-11-13-20(14-12-18)30-16-22(28)26-25-21(27)15-29-19-9-7-6-8-10-19/h6-14H,15-17H2,1-5H3,(H,25,27)(H,26,28). The summed E-state index contributed by atoms with van der Waals surface area (Å²) < 4.78 is 10.8. The summed E-state index contributed by atoms with van der Waals surface area (Å²) in [4.78, 5) is 23.6. The van der Waals surface area contributed by atoms with Gasteiger partial charge in [-0.25, -0.2) is 0 Å². The van der Waals surface area contributed by atoms with E-state index in [1.54, 1.807) is 12.1 Å². The molecule has 30 heavy (non-hydrogen) atoms. The van der Waals surface area contributed by atoms with Crippen LogP contribution in [0.25, 0.3) is 0 Å². The van der Waals surface area contributed by atoms with Gasteiger partial charge in [-0.15, -0.1) is 0 Å². The highest BCUT2D eigenvalue weighted by Crippen LogP contribution is 2.36. The zero-order chi connectivity index (χ0) is 22.2. The van der Waals surface area contributed by atoms with Crippen molar-refractivity contribution in [1.29, 1.82) is 0 Å². The van der Waals surface area contributed by atoms with Crippen LogP contribution in [0.1, 0.15) is 46.6 Å². The average molecular weight is 413 g/mol. The summed E-state index contributed by atoms with van der Waals surface area (Å²) in [7, 11) is 0. The van der Waals surface area contributed by atoms with Crippen LogP contribution in [0.2, 0.25) is 0 Å². The lowest BCUT2D eigenvalue weighted by Crippen LogP contribution is -2.45. The van der Waals surface area contributed by atoms with Crippen LogP contribution in [0.5, 0.6) is 11.5 Å². The van der Waals surface area contributed by atoms with Crippen LogP contribution in [0.3, 0.4) is 0 Å². The van der Waals surface area contributed by atoms with E-state index in [2.05, 4.69) is 45.5 Å². The number of hydrogen-bond acceptors (Lipinski definition) is 4. The maximum absolute atomic E-state index is 11.9. The molecule has 0 aliphatic heterocycles. The van der Waals surface area contributed by atoms with E-state index >= 15 is 0 Å². The van der Waals surface area contributed by atoms with Gasteiger partial charge in [0.25, 0.3) is 11.8 Å². The number of amides is 2. The second-order valence-electron chi connectivity index (χ2n) is 9.13. The molecule has 2 rings (SSSR count). The highest BCUT2D eigenvalue weighted by Gasteiger charge is 2.27. The van der Waals surface area contributed by atoms with E-state index in [0.29, 0.717) is 11.5 Å². The number of hydrogen-bond donors (Lipinski definition) is 2. The molecule has 0 unspecified atom stereocenters. The fourth-order valence-corrected chi connectivity index (χ4v) is 3.46. The number of ether oxygens (including phenoxy) is 2. The Hall–Kier alpha value is -3.02. The van der Waals surface area contributed by atoms with Crippen LogP contribution in [0.4, 0.5) is 0 Å². The Kier molecular flexibility index (Phi) is 7.86. The van der Waals surface area contributed by atoms with Gasteiger partial charge in [0.05, 0.1) is 0 Å². The van der Waals surface area contributed by atoms with Gasteiger partial charge in [0.15, 0.2) is 13.2 Å². The quantitative estimate of drug-likeness (QED) is 0.643. The number of carbonyl (C=O) groups excluding carboxylic acids is 2. The van der Waals surface area contributed by atoms with Gasteiger partial charge in [-0.05, 0) is 47.1 Å². The normalized spacial score (nSPS) is 11.5. The largest absolute Gasteiger partial charge is 0.484 e. The fraction of sp³-hybridized carbons (Fsp3) is 0.417. The molecule has 2 N–H and O–H groups in total. The van der Waals surface area contributed by atoms with Crippen LogP contribution in [0, 0.1) is 5.41 Å². The predicted octanol–water partition coefficient (Wildman–Crippen LogP) is 4.01. The van der Waals surface area contributed by atoms with Gasteiger partial charge in [-0.2, -0.15) is 0 Å².